The first kappa shape index (κ1) is 11.5. The number of hydrogen-bond donors (Lipinski definition) is 1. The summed E-state index contributed by atoms with van der Waals surface area (Å²) in [5.74, 6) is 0.277. The molecule has 0 atom stereocenters. The van der Waals surface area contributed by atoms with Crippen LogP contribution in [0.3, 0.4) is 0 Å². The Hall–Kier alpha value is -1.95. The summed E-state index contributed by atoms with van der Waals surface area (Å²) in [5.41, 5.74) is 6.09. The average Bonchev–Trinajstić information content (AvgIpc) is 2.79. The fraction of sp³-hybridized carbons (Fsp3) is 0.273. The number of ether oxygens (including phenoxy) is 1. The predicted octanol–water partition coefficient (Wildman–Crippen LogP) is 1.99. The smallest absolute Gasteiger partial charge is 0.258 e. The summed E-state index contributed by atoms with van der Waals surface area (Å²) in [6.45, 7) is 2.74. The fourth-order valence-electron chi connectivity index (χ4n) is 1.30. The van der Waals surface area contributed by atoms with Crippen molar-refractivity contribution in [3.05, 3.63) is 29.8 Å². The van der Waals surface area contributed by atoms with Crippen LogP contribution in [0.5, 0.6) is 0 Å². The van der Waals surface area contributed by atoms with Crippen LogP contribution in [0, 0.1) is 5.82 Å². The molecule has 0 aliphatic heterocycles. The van der Waals surface area contributed by atoms with E-state index in [2.05, 4.69) is 10.1 Å². The molecule has 0 radical (unpaired) electrons. The summed E-state index contributed by atoms with van der Waals surface area (Å²) in [7, 11) is 0. The van der Waals surface area contributed by atoms with Gasteiger partial charge in [0.15, 0.2) is 5.82 Å². The number of hydrogen-bond acceptors (Lipinski definition) is 5. The van der Waals surface area contributed by atoms with Gasteiger partial charge in [0.25, 0.3) is 5.89 Å². The Morgan fingerprint density at radius 3 is 3.00 bits per heavy atom. The Balaban J connectivity index is 2.21. The van der Waals surface area contributed by atoms with Crippen molar-refractivity contribution in [2.24, 2.45) is 0 Å². The van der Waals surface area contributed by atoms with Gasteiger partial charge in [-0.3, -0.25) is 0 Å². The van der Waals surface area contributed by atoms with Crippen molar-refractivity contribution in [1.82, 2.24) is 10.1 Å². The summed E-state index contributed by atoms with van der Waals surface area (Å²) in [4.78, 5) is 4.11. The van der Waals surface area contributed by atoms with Crippen molar-refractivity contribution in [3.8, 4) is 11.5 Å². The average molecular weight is 237 g/mol. The number of nitrogens with zero attached hydrogens (tertiary/aromatic N) is 2. The molecule has 5 nitrogen and oxygen atoms in total. The maximum Gasteiger partial charge on any atom is 0.258 e. The van der Waals surface area contributed by atoms with Crippen LogP contribution in [0.4, 0.5) is 10.1 Å². The van der Waals surface area contributed by atoms with Gasteiger partial charge >= 0.3 is 0 Å². The van der Waals surface area contributed by atoms with Gasteiger partial charge in [0, 0.05) is 12.2 Å². The van der Waals surface area contributed by atoms with E-state index in [9.17, 15) is 4.39 Å². The van der Waals surface area contributed by atoms with Crippen LogP contribution in [-0.2, 0) is 11.3 Å². The molecule has 0 bridgehead atoms. The lowest BCUT2D eigenvalue weighted by Crippen LogP contribution is -1.94. The van der Waals surface area contributed by atoms with Crippen LogP contribution < -0.4 is 5.73 Å². The molecular formula is C11H12FN3O2. The number of halogens is 1. The minimum atomic E-state index is -0.470. The third-order valence-electron chi connectivity index (χ3n) is 2.15. The lowest BCUT2D eigenvalue weighted by atomic mass is 10.2. The molecule has 0 fully saturated rings. The second-order valence-corrected chi connectivity index (χ2v) is 3.39. The number of benzene rings is 1. The zero-order chi connectivity index (χ0) is 12.3. The molecule has 0 aliphatic rings. The quantitative estimate of drug-likeness (QED) is 0.823. The van der Waals surface area contributed by atoms with Gasteiger partial charge in [0.05, 0.1) is 5.69 Å². The molecule has 0 saturated heterocycles. The highest BCUT2D eigenvalue weighted by Gasteiger charge is 2.10. The highest BCUT2D eigenvalue weighted by atomic mass is 19.1. The first-order valence-corrected chi connectivity index (χ1v) is 5.16. The zero-order valence-electron chi connectivity index (χ0n) is 9.31. The van der Waals surface area contributed by atoms with E-state index in [1.54, 1.807) is 0 Å². The molecule has 90 valence electrons. The van der Waals surface area contributed by atoms with Crippen LogP contribution in [-0.4, -0.2) is 16.7 Å². The van der Waals surface area contributed by atoms with Crippen LogP contribution >= 0.6 is 0 Å². The van der Waals surface area contributed by atoms with E-state index in [0.29, 0.717) is 23.9 Å². The van der Waals surface area contributed by atoms with Gasteiger partial charge in [-0.15, -0.1) is 0 Å². The molecule has 17 heavy (non-hydrogen) atoms. The van der Waals surface area contributed by atoms with E-state index in [1.807, 2.05) is 6.92 Å². The highest BCUT2D eigenvalue weighted by molar-refractivity contribution is 5.59. The molecule has 2 aromatic rings. The summed E-state index contributed by atoms with van der Waals surface area (Å²) in [6.07, 6.45) is 0. The summed E-state index contributed by atoms with van der Waals surface area (Å²) in [6, 6.07) is 4.24. The Morgan fingerprint density at radius 2 is 2.29 bits per heavy atom. The molecule has 0 aliphatic carbocycles. The molecular weight excluding hydrogens is 225 g/mol. The van der Waals surface area contributed by atoms with E-state index in [1.165, 1.54) is 18.2 Å². The van der Waals surface area contributed by atoms with Gasteiger partial charge in [-0.1, -0.05) is 5.16 Å². The molecule has 6 heteroatoms. The number of rotatable bonds is 4. The van der Waals surface area contributed by atoms with Crippen LogP contribution in [0.15, 0.2) is 22.7 Å². The standard InChI is InChI=1S/C11H12FN3O2/c1-2-16-6-10-14-11(17-15-10)7-3-4-8(12)9(13)5-7/h3-5H,2,6,13H2,1H3. The Labute approximate surface area is 97.4 Å². The minimum Gasteiger partial charge on any atom is -0.396 e. The van der Waals surface area contributed by atoms with E-state index in [4.69, 9.17) is 15.0 Å². The first-order valence-electron chi connectivity index (χ1n) is 5.16. The topological polar surface area (TPSA) is 74.2 Å². The van der Waals surface area contributed by atoms with Gasteiger partial charge in [0.2, 0.25) is 0 Å². The highest BCUT2D eigenvalue weighted by Crippen LogP contribution is 2.21. The Bertz CT molecular complexity index is 513. The van der Waals surface area contributed by atoms with Crippen molar-refractivity contribution in [2.45, 2.75) is 13.5 Å². The first-order chi connectivity index (χ1) is 8.20. The maximum absolute atomic E-state index is 13.0. The summed E-state index contributed by atoms with van der Waals surface area (Å²) in [5, 5.41) is 3.74. The Kier molecular flexibility index (Phi) is 3.34. The van der Waals surface area contributed by atoms with Crippen molar-refractivity contribution in [2.75, 3.05) is 12.3 Å². The van der Waals surface area contributed by atoms with Gasteiger partial charge in [-0.05, 0) is 25.1 Å². The zero-order valence-corrected chi connectivity index (χ0v) is 9.31. The van der Waals surface area contributed by atoms with Crippen molar-refractivity contribution >= 4 is 5.69 Å². The molecule has 0 saturated carbocycles. The summed E-state index contributed by atoms with van der Waals surface area (Å²) >= 11 is 0. The van der Waals surface area contributed by atoms with Crippen LogP contribution in [0.25, 0.3) is 11.5 Å². The van der Waals surface area contributed by atoms with Gasteiger partial charge in [-0.25, -0.2) is 4.39 Å². The monoisotopic (exact) mass is 237 g/mol. The number of aromatic nitrogens is 2. The molecule has 1 heterocycles. The second-order valence-electron chi connectivity index (χ2n) is 3.39. The Morgan fingerprint density at radius 1 is 1.47 bits per heavy atom. The number of nitrogen functional groups attached to an aromatic ring is 1. The number of nitrogens with two attached hydrogens (primary N) is 1. The SMILES string of the molecule is CCOCc1noc(-c2ccc(F)c(N)c2)n1. The molecule has 0 unspecified atom stereocenters. The normalized spacial score (nSPS) is 10.7. The molecule has 1 aromatic carbocycles. The molecule has 2 rings (SSSR count). The third kappa shape index (κ3) is 2.59. The third-order valence-corrected chi connectivity index (χ3v) is 2.15. The fourth-order valence-corrected chi connectivity index (χ4v) is 1.30. The van der Waals surface area contributed by atoms with Crippen molar-refractivity contribution in [1.29, 1.82) is 0 Å². The van der Waals surface area contributed by atoms with E-state index >= 15 is 0 Å². The largest absolute Gasteiger partial charge is 0.396 e. The maximum atomic E-state index is 13.0. The number of anilines is 1. The minimum absolute atomic E-state index is 0.0482. The molecule has 0 spiro atoms. The van der Waals surface area contributed by atoms with Gasteiger partial charge < -0.3 is 15.0 Å². The molecule has 0 amide bonds. The van der Waals surface area contributed by atoms with E-state index < -0.39 is 5.82 Å². The summed E-state index contributed by atoms with van der Waals surface area (Å²) < 4.78 is 23.1. The van der Waals surface area contributed by atoms with Gasteiger partial charge in [-0.2, -0.15) is 4.98 Å². The van der Waals surface area contributed by atoms with Crippen LogP contribution in [0.1, 0.15) is 12.7 Å². The lowest BCUT2D eigenvalue weighted by molar-refractivity contribution is 0.126. The van der Waals surface area contributed by atoms with Crippen LogP contribution in [0.2, 0.25) is 0 Å². The van der Waals surface area contributed by atoms with Crippen molar-refractivity contribution in [3.63, 3.8) is 0 Å². The second kappa shape index (κ2) is 4.92. The molecule has 1 aromatic heterocycles. The van der Waals surface area contributed by atoms with E-state index in [0.717, 1.165) is 0 Å². The van der Waals surface area contributed by atoms with E-state index in [-0.39, 0.29) is 12.3 Å². The molecule has 2 N–H and O–H groups in total. The van der Waals surface area contributed by atoms with Crippen molar-refractivity contribution < 1.29 is 13.7 Å². The predicted molar refractivity (Wildman–Crippen MR) is 59.4 cm³/mol. The lowest BCUT2D eigenvalue weighted by Gasteiger charge is -1.97. The van der Waals surface area contributed by atoms with Gasteiger partial charge in [0.1, 0.15) is 12.4 Å².